The van der Waals surface area contributed by atoms with Gasteiger partial charge in [0.2, 0.25) is 0 Å². The molecule has 0 atom stereocenters. The lowest BCUT2D eigenvalue weighted by molar-refractivity contribution is 0.0855. The van der Waals surface area contributed by atoms with Crippen LogP contribution in [0, 0.1) is 12.3 Å². The minimum Gasteiger partial charge on any atom is -0.303 e. The second kappa shape index (κ2) is 5.87. The Morgan fingerprint density at radius 3 is 2.32 bits per heavy atom. The molecule has 2 rings (SSSR count). The van der Waals surface area contributed by atoms with Crippen molar-refractivity contribution < 1.29 is 4.79 Å². The molecule has 104 valence electrons. The highest BCUT2D eigenvalue weighted by Gasteiger charge is 2.50. The third-order valence-electron chi connectivity index (χ3n) is 4.16. The Labute approximate surface area is 116 Å². The van der Waals surface area contributed by atoms with Crippen LogP contribution in [0.15, 0.2) is 24.3 Å². The van der Waals surface area contributed by atoms with Crippen LogP contribution in [0.2, 0.25) is 0 Å². The van der Waals surface area contributed by atoms with Crippen molar-refractivity contribution in [2.24, 2.45) is 5.41 Å². The lowest BCUT2D eigenvalue weighted by Crippen LogP contribution is -2.35. The Bertz CT molecular complexity index is 431. The molecular weight excluding hydrogens is 234 g/mol. The van der Waals surface area contributed by atoms with Gasteiger partial charge in [0.05, 0.1) is 0 Å². The fourth-order valence-electron chi connectivity index (χ4n) is 2.71. The van der Waals surface area contributed by atoms with Crippen LogP contribution in [0.25, 0.3) is 0 Å². The van der Waals surface area contributed by atoms with E-state index < -0.39 is 0 Å². The first kappa shape index (κ1) is 14.3. The van der Waals surface area contributed by atoms with Gasteiger partial charge < -0.3 is 4.90 Å². The highest BCUT2D eigenvalue weighted by Crippen LogP contribution is 2.48. The number of ketones is 1. The van der Waals surface area contributed by atoms with Crippen LogP contribution >= 0.6 is 0 Å². The van der Waals surface area contributed by atoms with Crippen LogP contribution in [-0.2, 0) is 0 Å². The maximum Gasteiger partial charge on any atom is 0.170 e. The fourth-order valence-corrected chi connectivity index (χ4v) is 2.71. The van der Waals surface area contributed by atoms with Crippen molar-refractivity contribution in [1.82, 2.24) is 4.90 Å². The molecule has 0 amide bonds. The number of nitrogens with zero attached hydrogens (tertiary/aromatic N) is 1. The summed E-state index contributed by atoms with van der Waals surface area (Å²) in [7, 11) is 0. The molecule has 0 aromatic heterocycles. The van der Waals surface area contributed by atoms with Gasteiger partial charge in [-0.15, -0.1) is 0 Å². The van der Waals surface area contributed by atoms with Gasteiger partial charge in [0.25, 0.3) is 0 Å². The Kier molecular flexibility index (Phi) is 4.41. The van der Waals surface area contributed by atoms with Gasteiger partial charge in [0.1, 0.15) is 0 Å². The van der Waals surface area contributed by atoms with Crippen LogP contribution in [0.3, 0.4) is 0 Å². The van der Waals surface area contributed by atoms with Gasteiger partial charge in [-0.2, -0.15) is 0 Å². The second-order valence-electron chi connectivity index (χ2n) is 5.84. The molecule has 0 aliphatic heterocycles. The fraction of sp³-hybridized carbons (Fsp3) is 0.588. The molecule has 19 heavy (non-hydrogen) atoms. The van der Waals surface area contributed by atoms with Crippen molar-refractivity contribution in [2.75, 3.05) is 19.6 Å². The zero-order valence-electron chi connectivity index (χ0n) is 12.4. The van der Waals surface area contributed by atoms with E-state index in [1.165, 1.54) is 5.56 Å². The molecule has 0 bridgehead atoms. The van der Waals surface area contributed by atoms with Crippen molar-refractivity contribution >= 4 is 5.78 Å². The number of hydrogen-bond acceptors (Lipinski definition) is 2. The molecule has 1 saturated carbocycles. The summed E-state index contributed by atoms with van der Waals surface area (Å²) in [6, 6.07) is 8.03. The molecule has 0 radical (unpaired) electrons. The predicted molar refractivity (Wildman–Crippen MR) is 79.6 cm³/mol. The summed E-state index contributed by atoms with van der Waals surface area (Å²) in [5.74, 6) is 0.349. The number of benzene rings is 1. The summed E-state index contributed by atoms with van der Waals surface area (Å²) in [5.41, 5.74) is 2.01. The predicted octanol–water partition coefficient (Wildman–Crippen LogP) is 3.69. The number of carbonyl (C=O) groups is 1. The van der Waals surface area contributed by atoms with E-state index in [0.717, 1.165) is 44.5 Å². The SMILES string of the molecule is CCCN(CC)CC1(C(=O)c2ccc(C)cc2)CC1. The van der Waals surface area contributed by atoms with Gasteiger partial charge in [-0.3, -0.25) is 4.79 Å². The first-order valence-electron chi connectivity index (χ1n) is 7.45. The molecule has 1 fully saturated rings. The van der Waals surface area contributed by atoms with Crippen molar-refractivity contribution in [1.29, 1.82) is 0 Å². The summed E-state index contributed by atoms with van der Waals surface area (Å²) in [4.78, 5) is 15.1. The number of aryl methyl sites for hydroxylation is 1. The summed E-state index contributed by atoms with van der Waals surface area (Å²) in [5, 5.41) is 0. The van der Waals surface area contributed by atoms with E-state index in [0.29, 0.717) is 5.78 Å². The monoisotopic (exact) mass is 259 g/mol. The Hall–Kier alpha value is -1.15. The van der Waals surface area contributed by atoms with Crippen LogP contribution in [0.5, 0.6) is 0 Å². The molecule has 0 spiro atoms. The molecule has 0 unspecified atom stereocenters. The van der Waals surface area contributed by atoms with Crippen molar-refractivity contribution in [3.63, 3.8) is 0 Å². The van der Waals surface area contributed by atoms with Gasteiger partial charge in [-0.05, 0) is 39.3 Å². The highest BCUT2D eigenvalue weighted by atomic mass is 16.1. The van der Waals surface area contributed by atoms with Gasteiger partial charge >= 0.3 is 0 Å². The molecule has 2 heteroatoms. The van der Waals surface area contributed by atoms with E-state index in [4.69, 9.17) is 0 Å². The Morgan fingerprint density at radius 2 is 1.84 bits per heavy atom. The van der Waals surface area contributed by atoms with Crippen molar-refractivity contribution in [3.8, 4) is 0 Å². The quantitative estimate of drug-likeness (QED) is 0.696. The van der Waals surface area contributed by atoms with Gasteiger partial charge in [0, 0.05) is 17.5 Å². The third-order valence-corrected chi connectivity index (χ3v) is 4.16. The molecule has 1 aliphatic rings. The minimum atomic E-state index is -0.0829. The average Bonchev–Trinajstić information content (AvgIpc) is 3.19. The second-order valence-corrected chi connectivity index (χ2v) is 5.84. The van der Waals surface area contributed by atoms with E-state index in [2.05, 4.69) is 25.7 Å². The number of carbonyl (C=O) groups excluding carboxylic acids is 1. The highest BCUT2D eigenvalue weighted by molar-refractivity contribution is 6.02. The van der Waals surface area contributed by atoms with Crippen LogP contribution in [-0.4, -0.2) is 30.3 Å². The maximum atomic E-state index is 12.7. The molecule has 1 aromatic carbocycles. The number of hydrogen-bond donors (Lipinski definition) is 0. The standard InChI is InChI=1S/C17H25NO/c1-4-12-18(5-2)13-17(10-11-17)16(19)15-8-6-14(3)7-9-15/h6-9H,4-5,10-13H2,1-3H3. The smallest absolute Gasteiger partial charge is 0.170 e. The molecular formula is C17H25NO. The van der Waals surface area contributed by atoms with E-state index in [9.17, 15) is 4.79 Å². The first-order chi connectivity index (χ1) is 9.11. The van der Waals surface area contributed by atoms with Gasteiger partial charge in [-0.25, -0.2) is 0 Å². The lowest BCUT2D eigenvalue weighted by atomic mass is 9.93. The van der Waals surface area contributed by atoms with Crippen LogP contribution in [0.4, 0.5) is 0 Å². The van der Waals surface area contributed by atoms with E-state index >= 15 is 0 Å². The largest absolute Gasteiger partial charge is 0.303 e. The molecule has 0 saturated heterocycles. The summed E-state index contributed by atoms with van der Waals surface area (Å²) < 4.78 is 0. The summed E-state index contributed by atoms with van der Waals surface area (Å²) in [6.07, 6.45) is 3.27. The van der Waals surface area contributed by atoms with Crippen LogP contribution in [0.1, 0.15) is 49.0 Å². The molecule has 0 N–H and O–H groups in total. The minimum absolute atomic E-state index is 0.0829. The summed E-state index contributed by atoms with van der Waals surface area (Å²) in [6.45, 7) is 9.51. The zero-order valence-corrected chi connectivity index (χ0v) is 12.4. The first-order valence-corrected chi connectivity index (χ1v) is 7.45. The van der Waals surface area contributed by atoms with Crippen molar-refractivity contribution in [2.45, 2.75) is 40.0 Å². The maximum absolute atomic E-state index is 12.7. The van der Waals surface area contributed by atoms with E-state index in [1.807, 2.05) is 24.3 Å². The molecule has 1 aromatic rings. The molecule has 0 heterocycles. The molecule has 1 aliphatic carbocycles. The average molecular weight is 259 g/mol. The van der Waals surface area contributed by atoms with Crippen molar-refractivity contribution in [3.05, 3.63) is 35.4 Å². The summed E-state index contributed by atoms with van der Waals surface area (Å²) >= 11 is 0. The molecule has 2 nitrogen and oxygen atoms in total. The topological polar surface area (TPSA) is 20.3 Å². The third kappa shape index (κ3) is 3.24. The normalized spacial score (nSPS) is 16.6. The van der Waals surface area contributed by atoms with E-state index in [1.54, 1.807) is 0 Å². The van der Waals surface area contributed by atoms with Gasteiger partial charge in [-0.1, -0.05) is 43.7 Å². The zero-order chi connectivity index (χ0) is 13.9. The number of rotatable bonds is 7. The Morgan fingerprint density at radius 1 is 1.21 bits per heavy atom. The van der Waals surface area contributed by atoms with E-state index in [-0.39, 0.29) is 5.41 Å². The Balaban J connectivity index is 2.07. The van der Waals surface area contributed by atoms with Gasteiger partial charge in [0.15, 0.2) is 5.78 Å². The number of Topliss-reactive ketones (excluding diaryl/α,β-unsaturated/α-hetero) is 1. The lowest BCUT2D eigenvalue weighted by Gasteiger charge is -2.25. The van der Waals surface area contributed by atoms with Crippen LogP contribution < -0.4 is 0 Å².